The van der Waals surface area contributed by atoms with Crippen molar-refractivity contribution in [2.75, 3.05) is 0 Å². The molecule has 1 aliphatic rings. The lowest BCUT2D eigenvalue weighted by atomic mass is 9.82. The van der Waals surface area contributed by atoms with Crippen molar-refractivity contribution in [3.05, 3.63) is 145 Å². The molecule has 0 amide bonds. The molecule has 2 heteroatoms. The van der Waals surface area contributed by atoms with Crippen LogP contribution in [0.2, 0.25) is 0 Å². The summed E-state index contributed by atoms with van der Waals surface area (Å²) in [5.41, 5.74) is 12.8. The van der Waals surface area contributed by atoms with E-state index in [0.29, 0.717) is 0 Å². The van der Waals surface area contributed by atoms with E-state index in [1.165, 1.54) is 77.2 Å². The van der Waals surface area contributed by atoms with Gasteiger partial charge in [-0.25, -0.2) is 0 Å². The molecule has 8 aromatic rings. The second kappa shape index (κ2) is 7.99. The second-order valence-corrected chi connectivity index (χ2v) is 11.8. The Morgan fingerprint density at radius 1 is 0.390 bits per heavy atom. The highest BCUT2D eigenvalue weighted by atomic mass is 15.0. The van der Waals surface area contributed by atoms with Gasteiger partial charge in [-0.2, -0.15) is 0 Å². The Labute approximate surface area is 238 Å². The molecule has 0 aliphatic heterocycles. The highest BCUT2D eigenvalue weighted by molar-refractivity contribution is 6.13. The quantitative estimate of drug-likeness (QED) is 0.213. The molecular formula is C39H28N2. The molecule has 2 nitrogen and oxygen atoms in total. The van der Waals surface area contributed by atoms with Gasteiger partial charge in [0.15, 0.2) is 0 Å². The van der Waals surface area contributed by atoms with E-state index in [2.05, 4.69) is 156 Å². The van der Waals surface area contributed by atoms with Crippen LogP contribution < -0.4 is 0 Å². The molecule has 0 spiro atoms. The molecule has 0 N–H and O–H groups in total. The molecule has 0 unspecified atom stereocenters. The van der Waals surface area contributed by atoms with Gasteiger partial charge in [-0.15, -0.1) is 0 Å². The molecule has 0 radical (unpaired) electrons. The number of nitrogens with zero attached hydrogens (tertiary/aromatic N) is 2. The van der Waals surface area contributed by atoms with E-state index < -0.39 is 0 Å². The van der Waals surface area contributed by atoms with E-state index in [1.807, 2.05) is 0 Å². The van der Waals surface area contributed by atoms with E-state index in [9.17, 15) is 0 Å². The van der Waals surface area contributed by atoms with Crippen LogP contribution in [0.25, 0.3) is 66.1 Å². The zero-order chi connectivity index (χ0) is 27.3. The van der Waals surface area contributed by atoms with Gasteiger partial charge in [-0.1, -0.05) is 92.7 Å². The van der Waals surface area contributed by atoms with Gasteiger partial charge in [0.1, 0.15) is 0 Å². The van der Waals surface area contributed by atoms with Crippen molar-refractivity contribution < 1.29 is 0 Å². The molecule has 1 aliphatic carbocycles. The lowest BCUT2D eigenvalue weighted by Gasteiger charge is -2.21. The predicted molar refractivity (Wildman–Crippen MR) is 173 cm³/mol. The van der Waals surface area contributed by atoms with Crippen molar-refractivity contribution in [3.63, 3.8) is 0 Å². The van der Waals surface area contributed by atoms with Gasteiger partial charge in [0.05, 0.1) is 22.1 Å². The van der Waals surface area contributed by atoms with Gasteiger partial charge < -0.3 is 9.13 Å². The minimum atomic E-state index is -0.0494. The van der Waals surface area contributed by atoms with Crippen molar-refractivity contribution in [2.45, 2.75) is 19.3 Å². The Bertz CT molecular complexity index is 2280. The van der Waals surface area contributed by atoms with E-state index in [-0.39, 0.29) is 5.41 Å². The fourth-order valence-electron chi connectivity index (χ4n) is 7.40. The van der Waals surface area contributed by atoms with Gasteiger partial charge in [0.2, 0.25) is 0 Å². The van der Waals surface area contributed by atoms with Crippen molar-refractivity contribution in [1.29, 1.82) is 0 Å². The van der Waals surface area contributed by atoms with Gasteiger partial charge in [0, 0.05) is 38.3 Å². The maximum atomic E-state index is 2.46. The first-order valence-electron chi connectivity index (χ1n) is 14.4. The summed E-state index contributed by atoms with van der Waals surface area (Å²) in [6.07, 6.45) is 0. The van der Waals surface area contributed by atoms with Crippen molar-refractivity contribution in [3.8, 4) is 22.5 Å². The van der Waals surface area contributed by atoms with Crippen molar-refractivity contribution >= 4 is 43.6 Å². The number of aromatic nitrogens is 2. The van der Waals surface area contributed by atoms with Crippen LogP contribution in [0.15, 0.2) is 133 Å². The minimum Gasteiger partial charge on any atom is -0.309 e. The largest absolute Gasteiger partial charge is 0.309 e. The summed E-state index contributed by atoms with van der Waals surface area (Å²) in [5, 5.41) is 5.13. The number of benzene rings is 6. The monoisotopic (exact) mass is 524 g/mol. The summed E-state index contributed by atoms with van der Waals surface area (Å²) in [4.78, 5) is 0. The molecule has 41 heavy (non-hydrogen) atoms. The van der Waals surface area contributed by atoms with Crippen LogP contribution in [0, 0.1) is 0 Å². The van der Waals surface area contributed by atoms with Crippen LogP contribution in [-0.4, -0.2) is 9.13 Å². The van der Waals surface area contributed by atoms with Crippen LogP contribution in [0.1, 0.15) is 25.0 Å². The predicted octanol–water partition coefficient (Wildman–Crippen LogP) is 10.2. The Hall–Kier alpha value is -5.08. The number of hydrogen-bond donors (Lipinski definition) is 0. The van der Waals surface area contributed by atoms with Gasteiger partial charge >= 0.3 is 0 Å². The SMILES string of the molecule is CC1(C)c2ccccc2-c2cc3c4cc(-n5c6ccccc6c6ccccc65)ccc4n(-c4ccccc4)c3cc21. The lowest BCUT2D eigenvalue weighted by Crippen LogP contribution is -2.14. The molecular weight excluding hydrogens is 496 g/mol. The third-order valence-corrected chi connectivity index (χ3v) is 9.30. The van der Waals surface area contributed by atoms with Crippen LogP contribution >= 0.6 is 0 Å². The van der Waals surface area contributed by atoms with Crippen LogP contribution in [0.4, 0.5) is 0 Å². The summed E-state index contributed by atoms with van der Waals surface area (Å²) >= 11 is 0. The summed E-state index contributed by atoms with van der Waals surface area (Å²) in [7, 11) is 0. The highest BCUT2D eigenvalue weighted by Gasteiger charge is 2.36. The first-order valence-corrected chi connectivity index (χ1v) is 14.4. The first kappa shape index (κ1) is 22.7. The summed E-state index contributed by atoms with van der Waals surface area (Å²) in [6.45, 7) is 4.72. The zero-order valence-electron chi connectivity index (χ0n) is 23.1. The second-order valence-electron chi connectivity index (χ2n) is 11.8. The molecule has 0 saturated heterocycles. The third kappa shape index (κ3) is 2.97. The number of para-hydroxylation sites is 3. The maximum Gasteiger partial charge on any atom is 0.0544 e. The van der Waals surface area contributed by atoms with E-state index in [4.69, 9.17) is 0 Å². The molecule has 0 bridgehead atoms. The summed E-state index contributed by atoms with van der Waals surface area (Å²) in [5.74, 6) is 0. The maximum absolute atomic E-state index is 2.46. The Kier molecular flexibility index (Phi) is 4.42. The van der Waals surface area contributed by atoms with Crippen molar-refractivity contribution in [1.82, 2.24) is 9.13 Å². The summed E-state index contributed by atoms with van der Waals surface area (Å²) < 4.78 is 4.86. The summed E-state index contributed by atoms with van der Waals surface area (Å²) in [6, 6.07) is 49.1. The normalized spacial score (nSPS) is 13.8. The van der Waals surface area contributed by atoms with Crippen LogP contribution in [0.5, 0.6) is 0 Å². The molecule has 0 atom stereocenters. The Morgan fingerprint density at radius 3 is 1.73 bits per heavy atom. The molecule has 6 aromatic carbocycles. The molecule has 0 saturated carbocycles. The molecule has 9 rings (SSSR count). The molecule has 194 valence electrons. The fraction of sp³-hybridized carbons (Fsp3) is 0.0769. The highest BCUT2D eigenvalue weighted by Crippen LogP contribution is 2.51. The van der Waals surface area contributed by atoms with Gasteiger partial charge in [-0.05, 0) is 76.9 Å². The van der Waals surface area contributed by atoms with Gasteiger partial charge in [-0.3, -0.25) is 0 Å². The minimum absolute atomic E-state index is 0.0494. The first-order chi connectivity index (χ1) is 20.1. The van der Waals surface area contributed by atoms with Crippen molar-refractivity contribution in [2.24, 2.45) is 0 Å². The number of hydrogen-bond acceptors (Lipinski definition) is 0. The number of fused-ring (bicyclic) bond motifs is 9. The standard InChI is InChI=1S/C39H28N2/c1-39(2)33-17-9-6-14-27(33)30-23-32-31-22-26(41-35-18-10-7-15-28(35)29-16-8-11-19-36(29)41)20-21-37(31)40(38(32)24-34(30)39)25-12-4-3-5-13-25/h3-24H,1-2H3. The molecule has 0 fully saturated rings. The van der Waals surface area contributed by atoms with Crippen LogP contribution in [0.3, 0.4) is 0 Å². The average Bonchev–Trinajstić information content (AvgIpc) is 3.60. The number of rotatable bonds is 2. The van der Waals surface area contributed by atoms with Gasteiger partial charge in [0.25, 0.3) is 0 Å². The Morgan fingerprint density at radius 2 is 0.976 bits per heavy atom. The lowest BCUT2D eigenvalue weighted by molar-refractivity contribution is 0.661. The fourth-order valence-corrected chi connectivity index (χ4v) is 7.40. The van der Waals surface area contributed by atoms with E-state index in [1.54, 1.807) is 0 Å². The third-order valence-electron chi connectivity index (χ3n) is 9.30. The van der Waals surface area contributed by atoms with Crippen LogP contribution in [-0.2, 0) is 5.41 Å². The zero-order valence-corrected chi connectivity index (χ0v) is 23.1. The van der Waals surface area contributed by atoms with E-state index in [0.717, 1.165) is 0 Å². The molecule has 2 aromatic heterocycles. The smallest absolute Gasteiger partial charge is 0.0544 e. The van der Waals surface area contributed by atoms with E-state index >= 15 is 0 Å². The average molecular weight is 525 g/mol. The topological polar surface area (TPSA) is 9.86 Å². The Balaban J connectivity index is 1.41. The molecule has 2 heterocycles.